The molecule has 0 N–H and O–H groups in total. The zero-order valence-electron chi connectivity index (χ0n) is 12.6. The van der Waals surface area contributed by atoms with Crippen LogP contribution in [0.3, 0.4) is 0 Å². The lowest BCUT2D eigenvalue weighted by atomic mass is 10.1. The number of rotatable bonds is 3. The minimum Gasteiger partial charge on any atom is -0.486 e. The van der Waals surface area contributed by atoms with Crippen LogP contribution in [0.4, 0.5) is 0 Å². The Morgan fingerprint density at radius 3 is 2.50 bits per heavy atom. The van der Waals surface area contributed by atoms with E-state index in [0.717, 1.165) is 11.3 Å². The molecule has 0 spiro atoms. The number of halogens is 1. The number of carbonyl (C=O) groups is 1. The van der Waals surface area contributed by atoms with Crippen LogP contribution in [-0.4, -0.2) is 28.2 Å². The number of para-hydroxylation sites is 1. The standard InChI is InChI=1S/C18H13ClN2O3/c19-18(22)15-11-14(20-21(15)13-4-2-1-3-5-13)12-6-7-16-17(10-12)24-9-8-23-16/h1-7,10-11H,8-9H2. The maximum absolute atomic E-state index is 11.8. The summed E-state index contributed by atoms with van der Waals surface area (Å²) in [5, 5.41) is 3.98. The van der Waals surface area contributed by atoms with Gasteiger partial charge in [-0.2, -0.15) is 5.10 Å². The summed E-state index contributed by atoms with van der Waals surface area (Å²) in [6.45, 7) is 1.06. The first-order valence-electron chi connectivity index (χ1n) is 7.48. The molecular formula is C18H13ClN2O3. The van der Waals surface area contributed by atoms with E-state index in [1.165, 1.54) is 0 Å². The Morgan fingerprint density at radius 1 is 1.00 bits per heavy atom. The van der Waals surface area contributed by atoms with Gasteiger partial charge in [0.25, 0.3) is 5.24 Å². The van der Waals surface area contributed by atoms with E-state index in [2.05, 4.69) is 5.10 Å². The molecule has 1 aliphatic heterocycles. The van der Waals surface area contributed by atoms with Crippen molar-refractivity contribution in [2.24, 2.45) is 0 Å². The summed E-state index contributed by atoms with van der Waals surface area (Å²) in [5.74, 6) is 1.38. The summed E-state index contributed by atoms with van der Waals surface area (Å²) in [6, 6.07) is 16.6. The molecule has 6 heteroatoms. The van der Waals surface area contributed by atoms with Gasteiger partial charge in [0.2, 0.25) is 0 Å². The first-order valence-corrected chi connectivity index (χ1v) is 7.85. The third-order valence-electron chi connectivity index (χ3n) is 3.75. The summed E-state index contributed by atoms with van der Waals surface area (Å²) in [7, 11) is 0. The lowest BCUT2D eigenvalue weighted by molar-refractivity contribution is 0.107. The van der Waals surface area contributed by atoms with Crippen LogP contribution in [0.1, 0.15) is 10.5 Å². The van der Waals surface area contributed by atoms with E-state index >= 15 is 0 Å². The fourth-order valence-electron chi connectivity index (χ4n) is 2.63. The highest BCUT2D eigenvalue weighted by Crippen LogP contribution is 2.34. The van der Waals surface area contributed by atoms with Gasteiger partial charge < -0.3 is 9.47 Å². The van der Waals surface area contributed by atoms with Crippen LogP contribution in [-0.2, 0) is 0 Å². The van der Waals surface area contributed by atoms with Crippen LogP contribution >= 0.6 is 11.6 Å². The van der Waals surface area contributed by atoms with Gasteiger partial charge in [0, 0.05) is 5.56 Å². The molecule has 120 valence electrons. The molecular weight excluding hydrogens is 328 g/mol. The van der Waals surface area contributed by atoms with Crippen LogP contribution in [0.2, 0.25) is 0 Å². The van der Waals surface area contributed by atoms with E-state index in [1.807, 2.05) is 48.5 Å². The van der Waals surface area contributed by atoms with Crippen molar-refractivity contribution in [3.05, 3.63) is 60.3 Å². The predicted molar refractivity (Wildman–Crippen MR) is 90.2 cm³/mol. The SMILES string of the molecule is O=C(Cl)c1cc(-c2ccc3c(c2)OCCO3)nn1-c1ccccc1. The number of hydrogen-bond acceptors (Lipinski definition) is 4. The van der Waals surface area contributed by atoms with Crippen LogP contribution in [0, 0.1) is 0 Å². The monoisotopic (exact) mass is 340 g/mol. The summed E-state index contributed by atoms with van der Waals surface area (Å²) < 4.78 is 12.7. The Bertz CT molecular complexity index is 906. The number of ether oxygens (including phenoxy) is 2. The zero-order valence-corrected chi connectivity index (χ0v) is 13.4. The van der Waals surface area contributed by atoms with Crippen molar-refractivity contribution in [1.82, 2.24) is 9.78 Å². The molecule has 0 unspecified atom stereocenters. The van der Waals surface area contributed by atoms with Crippen molar-refractivity contribution in [3.8, 4) is 28.4 Å². The van der Waals surface area contributed by atoms with E-state index in [4.69, 9.17) is 21.1 Å². The third-order valence-corrected chi connectivity index (χ3v) is 3.94. The van der Waals surface area contributed by atoms with Crippen molar-refractivity contribution in [1.29, 1.82) is 0 Å². The Morgan fingerprint density at radius 2 is 1.75 bits per heavy atom. The number of hydrogen-bond donors (Lipinski definition) is 0. The van der Waals surface area contributed by atoms with Crippen molar-refractivity contribution in [2.45, 2.75) is 0 Å². The van der Waals surface area contributed by atoms with Crippen LogP contribution < -0.4 is 9.47 Å². The normalized spacial score (nSPS) is 12.9. The smallest absolute Gasteiger partial charge is 0.270 e. The molecule has 5 nitrogen and oxygen atoms in total. The molecule has 4 rings (SSSR count). The first kappa shape index (κ1) is 14.8. The Balaban J connectivity index is 1.81. The molecule has 1 aliphatic rings. The summed E-state index contributed by atoms with van der Waals surface area (Å²) >= 11 is 5.73. The minimum atomic E-state index is -0.560. The van der Waals surface area contributed by atoms with Crippen LogP contribution in [0.15, 0.2) is 54.6 Å². The van der Waals surface area contributed by atoms with Gasteiger partial charge in [-0.25, -0.2) is 4.68 Å². The molecule has 0 saturated heterocycles. The third kappa shape index (κ3) is 2.63. The number of fused-ring (bicyclic) bond motifs is 1. The van der Waals surface area contributed by atoms with Gasteiger partial charge in [-0.05, 0) is 48.0 Å². The largest absolute Gasteiger partial charge is 0.486 e. The quantitative estimate of drug-likeness (QED) is 0.682. The van der Waals surface area contributed by atoms with Gasteiger partial charge in [0.05, 0.1) is 11.4 Å². The minimum absolute atomic E-state index is 0.313. The predicted octanol–water partition coefficient (Wildman–Crippen LogP) is 3.69. The summed E-state index contributed by atoms with van der Waals surface area (Å²) in [4.78, 5) is 11.8. The van der Waals surface area contributed by atoms with Gasteiger partial charge in [0.1, 0.15) is 18.9 Å². The summed E-state index contributed by atoms with van der Waals surface area (Å²) in [5.41, 5.74) is 2.55. The van der Waals surface area contributed by atoms with E-state index in [1.54, 1.807) is 10.7 Å². The van der Waals surface area contributed by atoms with Crippen molar-refractivity contribution < 1.29 is 14.3 Å². The molecule has 1 aromatic heterocycles. The van der Waals surface area contributed by atoms with Gasteiger partial charge in [-0.3, -0.25) is 4.79 Å². The fourth-order valence-corrected chi connectivity index (χ4v) is 2.77. The zero-order chi connectivity index (χ0) is 16.5. The Hall–Kier alpha value is -2.79. The van der Waals surface area contributed by atoms with Crippen molar-refractivity contribution in [2.75, 3.05) is 13.2 Å². The molecule has 0 fully saturated rings. The molecule has 0 amide bonds. The highest BCUT2D eigenvalue weighted by atomic mass is 35.5. The van der Waals surface area contributed by atoms with Crippen molar-refractivity contribution in [3.63, 3.8) is 0 Å². The van der Waals surface area contributed by atoms with Crippen LogP contribution in [0.25, 0.3) is 16.9 Å². The second kappa shape index (κ2) is 6.02. The topological polar surface area (TPSA) is 53.4 Å². The lowest BCUT2D eigenvalue weighted by Gasteiger charge is -2.18. The highest BCUT2D eigenvalue weighted by molar-refractivity contribution is 6.67. The van der Waals surface area contributed by atoms with Gasteiger partial charge in [-0.15, -0.1) is 0 Å². The number of benzene rings is 2. The molecule has 3 aromatic rings. The summed E-state index contributed by atoms with van der Waals surface area (Å²) in [6.07, 6.45) is 0. The molecule has 0 saturated carbocycles. The van der Waals surface area contributed by atoms with Crippen LogP contribution in [0.5, 0.6) is 11.5 Å². The number of nitrogens with zero attached hydrogens (tertiary/aromatic N) is 2. The fraction of sp³-hybridized carbons (Fsp3) is 0.111. The maximum Gasteiger partial charge on any atom is 0.270 e. The number of aromatic nitrogens is 2. The molecule has 0 atom stereocenters. The average molecular weight is 341 g/mol. The Labute approximate surface area is 143 Å². The lowest BCUT2D eigenvalue weighted by Crippen LogP contribution is -2.15. The number of carbonyl (C=O) groups excluding carboxylic acids is 1. The second-order valence-electron chi connectivity index (χ2n) is 5.29. The van der Waals surface area contributed by atoms with E-state index < -0.39 is 5.24 Å². The molecule has 24 heavy (non-hydrogen) atoms. The van der Waals surface area contributed by atoms with E-state index in [-0.39, 0.29) is 0 Å². The molecule has 0 aliphatic carbocycles. The first-order chi connectivity index (χ1) is 11.7. The average Bonchev–Trinajstić information content (AvgIpc) is 3.08. The molecule has 0 bridgehead atoms. The van der Waals surface area contributed by atoms with Crippen molar-refractivity contribution >= 4 is 16.8 Å². The van der Waals surface area contributed by atoms with Gasteiger partial charge in [-0.1, -0.05) is 18.2 Å². The Kier molecular flexibility index (Phi) is 3.70. The van der Waals surface area contributed by atoms with E-state index in [9.17, 15) is 4.79 Å². The molecule has 2 heterocycles. The van der Waals surface area contributed by atoms with Gasteiger partial charge in [0.15, 0.2) is 11.5 Å². The molecule has 2 aromatic carbocycles. The maximum atomic E-state index is 11.8. The molecule has 0 radical (unpaired) electrons. The highest BCUT2D eigenvalue weighted by Gasteiger charge is 2.18. The van der Waals surface area contributed by atoms with E-state index in [0.29, 0.717) is 36.1 Å². The van der Waals surface area contributed by atoms with Gasteiger partial charge >= 0.3 is 0 Å². The second-order valence-corrected chi connectivity index (χ2v) is 5.64.